The van der Waals surface area contributed by atoms with Crippen LogP contribution in [0.25, 0.3) is 0 Å². The number of hydrogen-bond acceptors (Lipinski definition) is 2. The summed E-state index contributed by atoms with van der Waals surface area (Å²) in [5, 5.41) is 9.46. The lowest BCUT2D eigenvalue weighted by Crippen LogP contribution is -2.42. The topological polar surface area (TPSA) is 40.5 Å². The van der Waals surface area contributed by atoms with Gasteiger partial charge in [0.15, 0.2) is 0 Å². The molecule has 2 aliphatic rings. The molecule has 0 radical (unpaired) electrons. The quantitative estimate of drug-likeness (QED) is 0.780. The predicted molar refractivity (Wildman–Crippen MR) is 63.0 cm³/mol. The second kappa shape index (κ2) is 5.17. The summed E-state index contributed by atoms with van der Waals surface area (Å²) in [4.78, 5) is 14.1. The molecule has 1 N–H and O–H groups in total. The number of aliphatic hydroxyl groups is 1. The van der Waals surface area contributed by atoms with Crippen LogP contribution in [0.15, 0.2) is 0 Å². The second-order valence-electron chi connectivity index (χ2n) is 5.39. The van der Waals surface area contributed by atoms with E-state index >= 15 is 0 Å². The van der Waals surface area contributed by atoms with Crippen molar-refractivity contribution in [3.63, 3.8) is 0 Å². The van der Waals surface area contributed by atoms with E-state index in [0.717, 1.165) is 38.5 Å². The maximum atomic E-state index is 12.2. The lowest BCUT2D eigenvalue weighted by molar-refractivity contribution is -0.137. The lowest BCUT2D eigenvalue weighted by atomic mass is 9.91. The fourth-order valence-corrected chi connectivity index (χ4v) is 3.09. The van der Waals surface area contributed by atoms with Crippen LogP contribution in [0, 0.1) is 5.92 Å². The highest BCUT2D eigenvalue weighted by molar-refractivity contribution is 5.79. The van der Waals surface area contributed by atoms with Gasteiger partial charge in [0.1, 0.15) is 0 Å². The molecule has 0 aromatic carbocycles. The van der Waals surface area contributed by atoms with Gasteiger partial charge in [-0.15, -0.1) is 0 Å². The van der Waals surface area contributed by atoms with Crippen molar-refractivity contribution in [2.24, 2.45) is 5.92 Å². The Hall–Kier alpha value is -0.570. The van der Waals surface area contributed by atoms with E-state index in [2.05, 4.69) is 0 Å². The summed E-state index contributed by atoms with van der Waals surface area (Å²) < 4.78 is 0. The van der Waals surface area contributed by atoms with Gasteiger partial charge < -0.3 is 10.0 Å². The molecular formula is C13H23NO2. The third-order valence-electron chi connectivity index (χ3n) is 4.27. The Kier molecular flexibility index (Phi) is 3.85. The van der Waals surface area contributed by atoms with Gasteiger partial charge in [-0.05, 0) is 38.5 Å². The lowest BCUT2D eigenvalue weighted by Gasteiger charge is -2.34. The minimum atomic E-state index is -0.133. The van der Waals surface area contributed by atoms with E-state index in [1.54, 1.807) is 0 Å². The third-order valence-corrected chi connectivity index (χ3v) is 4.27. The van der Waals surface area contributed by atoms with Gasteiger partial charge >= 0.3 is 0 Å². The first-order chi connectivity index (χ1) is 7.68. The smallest absolute Gasteiger partial charge is 0.225 e. The Morgan fingerprint density at radius 3 is 2.19 bits per heavy atom. The minimum Gasteiger partial charge on any atom is -0.393 e. The van der Waals surface area contributed by atoms with Crippen molar-refractivity contribution in [1.29, 1.82) is 0 Å². The van der Waals surface area contributed by atoms with Gasteiger partial charge in [0.05, 0.1) is 6.10 Å². The molecule has 2 fully saturated rings. The van der Waals surface area contributed by atoms with Crippen LogP contribution in [-0.2, 0) is 4.79 Å². The number of amides is 1. The average Bonchev–Trinajstić information content (AvgIpc) is 2.81. The van der Waals surface area contributed by atoms with Gasteiger partial charge in [-0.25, -0.2) is 0 Å². The summed E-state index contributed by atoms with van der Waals surface area (Å²) >= 11 is 0. The van der Waals surface area contributed by atoms with Gasteiger partial charge in [0.25, 0.3) is 0 Å². The van der Waals surface area contributed by atoms with E-state index in [1.807, 2.05) is 11.9 Å². The summed E-state index contributed by atoms with van der Waals surface area (Å²) in [5.41, 5.74) is 0. The molecule has 0 spiro atoms. The molecule has 0 aromatic heterocycles. The maximum Gasteiger partial charge on any atom is 0.225 e. The van der Waals surface area contributed by atoms with E-state index < -0.39 is 0 Å². The van der Waals surface area contributed by atoms with Crippen LogP contribution in [0.5, 0.6) is 0 Å². The first-order valence-corrected chi connectivity index (χ1v) is 6.63. The van der Waals surface area contributed by atoms with Crippen molar-refractivity contribution in [1.82, 2.24) is 4.90 Å². The largest absolute Gasteiger partial charge is 0.393 e. The molecule has 0 saturated heterocycles. The highest BCUT2D eigenvalue weighted by atomic mass is 16.3. The first kappa shape index (κ1) is 11.9. The highest BCUT2D eigenvalue weighted by Gasteiger charge is 2.30. The number of nitrogens with zero attached hydrogens (tertiary/aromatic N) is 1. The molecule has 0 aliphatic heterocycles. The number of rotatable bonds is 2. The summed E-state index contributed by atoms with van der Waals surface area (Å²) in [5.74, 6) is 0.635. The van der Waals surface area contributed by atoms with Crippen molar-refractivity contribution < 1.29 is 9.90 Å². The predicted octanol–water partition coefficient (Wildman–Crippen LogP) is 1.94. The Labute approximate surface area is 97.8 Å². The van der Waals surface area contributed by atoms with Crippen LogP contribution in [0.3, 0.4) is 0 Å². The summed E-state index contributed by atoms with van der Waals surface area (Å²) in [6, 6.07) is 0.372. The van der Waals surface area contributed by atoms with E-state index in [0.29, 0.717) is 11.9 Å². The number of carbonyl (C=O) groups is 1. The van der Waals surface area contributed by atoms with Gasteiger partial charge in [-0.3, -0.25) is 4.79 Å². The first-order valence-electron chi connectivity index (χ1n) is 6.63. The molecule has 0 heterocycles. The van der Waals surface area contributed by atoms with Crippen molar-refractivity contribution in [2.75, 3.05) is 7.05 Å². The molecule has 3 nitrogen and oxygen atoms in total. The Morgan fingerprint density at radius 1 is 1.06 bits per heavy atom. The molecule has 3 heteroatoms. The monoisotopic (exact) mass is 225 g/mol. The Bertz CT molecular complexity index is 240. The molecule has 0 bridgehead atoms. The highest BCUT2D eigenvalue weighted by Crippen LogP contribution is 2.29. The van der Waals surface area contributed by atoms with Crippen molar-refractivity contribution in [3.8, 4) is 0 Å². The molecule has 2 aliphatic carbocycles. The maximum absolute atomic E-state index is 12.2. The molecule has 92 valence electrons. The normalized spacial score (nSPS) is 31.6. The van der Waals surface area contributed by atoms with Crippen molar-refractivity contribution >= 4 is 5.91 Å². The van der Waals surface area contributed by atoms with E-state index in [-0.39, 0.29) is 12.0 Å². The Morgan fingerprint density at radius 2 is 1.62 bits per heavy atom. The Balaban J connectivity index is 1.86. The fourth-order valence-electron chi connectivity index (χ4n) is 3.09. The van der Waals surface area contributed by atoms with Gasteiger partial charge in [-0.1, -0.05) is 12.8 Å². The van der Waals surface area contributed by atoms with Crippen LogP contribution in [0.2, 0.25) is 0 Å². The van der Waals surface area contributed by atoms with Crippen LogP contribution in [0.1, 0.15) is 51.4 Å². The molecule has 0 atom stereocenters. The van der Waals surface area contributed by atoms with E-state index in [9.17, 15) is 9.90 Å². The molecule has 16 heavy (non-hydrogen) atoms. The number of carbonyl (C=O) groups excluding carboxylic acids is 1. The SMILES string of the molecule is CN(C(=O)C1CCCC1)C1CCC(O)CC1. The van der Waals surface area contributed by atoms with Crippen LogP contribution in [0.4, 0.5) is 0 Å². The molecule has 1 amide bonds. The number of hydrogen-bond donors (Lipinski definition) is 1. The second-order valence-corrected chi connectivity index (χ2v) is 5.39. The van der Waals surface area contributed by atoms with E-state index in [4.69, 9.17) is 0 Å². The fraction of sp³-hybridized carbons (Fsp3) is 0.923. The molecular weight excluding hydrogens is 202 g/mol. The third kappa shape index (κ3) is 2.57. The minimum absolute atomic E-state index is 0.133. The van der Waals surface area contributed by atoms with Crippen LogP contribution >= 0.6 is 0 Å². The van der Waals surface area contributed by atoms with E-state index in [1.165, 1.54) is 12.8 Å². The zero-order valence-electron chi connectivity index (χ0n) is 10.2. The van der Waals surface area contributed by atoms with Crippen molar-refractivity contribution in [3.05, 3.63) is 0 Å². The van der Waals surface area contributed by atoms with Gasteiger partial charge in [0, 0.05) is 19.0 Å². The zero-order chi connectivity index (χ0) is 11.5. The van der Waals surface area contributed by atoms with Crippen molar-refractivity contribution in [2.45, 2.75) is 63.5 Å². The van der Waals surface area contributed by atoms with Gasteiger partial charge in [0.2, 0.25) is 5.91 Å². The molecule has 0 aromatic rings. The number of aliphatic hydroxyl groups excluding tert-OH is 1. The molecule has 2 rings (SSSR count). The zero-order valence-corrected chi connectivity index (χ0v) is 10.2. The summed E-state index contributed by atoms with van der Waals surface area (Å²) in [7, 11) is 1.95. The molecule has 2 saturated carbocycles. The van der Waals surface area contributed by atoms with Crippen LogP contribution < -0.4 is 0 Å². The summed E-state index contributed by atoms with van der Waals surface area (Å²) in [6.07, 6.45) is 8.11. The summed E-state index contributed by atoms with van der Waals surface area (Å²) in [6.45, 7) is 0. The average molecular weight is 225 g/mol. The van der Waals surface area contributed by atoms with Gasteiger partial charge in [-0.2, -0.15) is 0 Å². The standard InChI is InChI=1S/C13H23NO2/c1-14(11-6-8-12(15)9-7-11)13(16)10-4-2-3-5-10/h10-12,15H,2-9H2,1H3. The molecule has 0 unspecified atom stereocenters. The van der Waals surface area contributed by atoms with Crippen LogP contribution in [-0.4, -0.2) is 35.1 Å².